The molecule has 0 bridgehead atoms. The molecule has 1 aliphatic heterocycles. The van der Waals surface area contributed by atoms with Crippen LogP contribution in [0, 0.1) is 6.92 Å². The molecule has 1 aliphatic rings. The molecule has 0 radical (unpaired) electrons. The molecule has 1 atom stereocenters. The number of amides is 1. The predicted molar refractivity (Wildman–Crippen MR) is 122 cm³/mol. The summed E-state index contributed by atoms with van der Waals surface area (Å²) in [7, 11) is 0. The van der Waals surface area contributed by atoms with Crippen molar-refractivity contribution in [2.45, 2.75) is 13.0 Å². The zero-order valence-corrected chi connectivity index (χ0v) is 18.0. The van der Waals surface area contributed by atoms with Gasteiger partial charge >= 0.3 is 0 Å². The van der Waals surface area contributed by atoms with Crippen LogP contribution in [0.15, 0.2) is 71.4 Å². The number of morpholine rings is 1. The van der Waals surface area contributed by atoms with Crippen molar-refractivity contribution in [3.8, 4) is 5.69 Å². The van der Waals surface area contributed by atoms with Gasteiger partial charge in [0.05, 0.1) is 30.3 Å². The van der Waals surface area contributed by atoms with E-state index in [1.54, 1.807) is 6.33 Å². The lowest BCUT2D eigenvalue weighted by Gasteiger charge is -2.33. The summed E-state index contributed by atoms with van der Waals surface area (Å²) in [5.74, 6) is 1.63. The molecule has 164 valence electrons. The van der Waals surface area contributed by atoms with Gasteiger partial charge in [-0.2, -0.15) is 0 Å². The monoisotopic (exact) mass is 430 g/mol. The number of fused-ring (bicyclic) bond motifs is 1. The summed E-state index contributed by atoms with van der Waals surface area (Å²) in [6, 6.07) is 19.5. The van der Waals surface area contributed by atoms with E-state index >= 15 is 0 Å². The fourth-order valence-corrected chi connectivity index (χ4v) is 4.16. The second-order valence-electron chi connectivity index (χ2n) is 7.97. The molecule has 0 saturated carbocycles. The Labute approximate surface area is 186 Å². The van der Waals surface area contributed by atoms with E-state index in [4.69, 9.17) is 9.15 Å². The van der Waals surface area contributed by atoms with Crippen molar-refractivity contribution in [1.82, 2.24) is 19.8 Å². The SMILES string of the molecule is Cc1ccc(C(CNC(=O)c2ccc(-n3cnc4ccccc43)cc2)N2CCOCC2)o1. The number of carbonyl (C=O) groups is 1. The number of ether oxygens (including phenoxy) is 1. The summed E-state index contributed by atoms with van der Waals surface area (Å²) in [5, 5.41) is 3.09. The number of aromatic nitrogens is 2. The van der Waals surface area contributed by atoms with Gasteiger partial charge < -0.3 is 14.5 Å². The zero-order chi connectivity index (χ0) is 21.9. The van der Waals surface area contributed by atoms with Gasteiger partial charge in [-0.15, -0.1) is 0 Å². The maximum absolute atomic E-state index is 12.9. The first-order valence-electron chi connectivity index (χ1n) is 10.9. The second-order valence-corrected chi connectivity index (χ2v) is 7.97. The number of benzene rings is 2. The molecule has 2 aromatic heterocycles. The minimum absolute atomic E-state index is 0.0202. The van der Waals surface area contributed by atoms with Crippen molar-refractivity contribution in [2.24, 2.45) is 0 Å². The lowest BCUT2D eigenvalue weighted by atomic mass is 10.1. The average Bonchev–Trinajstić information content (AvgIpc) is 3.46. The Morgan fingerprint density at radius 3 is 2.59 bits per heavy atom. The van der Waals surface area contributed by atoms with E-state index < -0.39 is 0 Å². The second kappa shape index (κ2) is 8.98. The molecule has 2 aromatic carbocycles. The molecule has 3 heterocycles. The Hall–Kier alpha value is -3.42. The van der Waals surface area contributed by atoms with Crippen LogP contribution < -0.4 is 5.32 Å². The number of aryl methyl sites for hydroxylation is 1. The molecule has 32 heavy (non-hydrogen) atoms. The number of nitrogens with zero attached hydrogens (tertiary/aromatic N) is 3. The molecule has 1 unspecified atom stereocenters. The van der Waals surface area contributed by atoms with E-state index in [0.717, 1.165) is 41.3 Å². The lowest BCUT2D eigenvalue weighted by Crippen LogP contribution is -2.43. The molecule has 0 aliphatic carbocycles. The molecule has 7 heteroatoms. The van der Waals surface area contributed by atoms with Crippen LogP contribution in [0.1, 0.15) is 27.9 Å². The molecule has 5 rings (SSSR count). The topological polar surface area (TPSA) is 72.5 Å². The van der Waals surface area contributed by atoms with Gasteiger partial charge in [0.15, 0.2) is 0 Å². The number of carbonyl (C=O) groups excluding carboxylic acids is 1. The van der Waals surface area contributed by atoms with Gasteiger partial charge in [-0.25, -0.2) is 4.98 Å². The molecular formula is C25H26N4O3. The predicted octanol–water partition coefficient (Wildman–Crippen LogP) is 3.73. The first kappa shape index (κ1) is 20.5. The van der Waals surface area contributed by atoms with Crippen molar-refractivity contribution >= 4 is 16.9 Å². The van der Waals surface area contributed by atoms with Gasteiger partial charge in [0, 0.05) is 30.9 Å². The number of hydrogen-bond donors (Lipinski definition) is 1. The van der Waals surface area contributed by atoms with E-state index in [1.165, 1.54) is 0 Å². The van der Waals surface area contributed by atoms with E-state index in [9.17, 15) is 4.79 Å². The number of rotatable bonds is 6. The van der Waals surface area contributed by atoms with Gasteiger partial charge in [0.2, 0.25) is 0 Å². The third kappa shape index (κ3) is 4.17. The highest BCUT2D eigenvalue weighted by Gasteiger charge is 2.25. The Balaban J connectivity index is 1.29. The maximum Gasteiger partial charge on any atom is 0.251 e. The quantitative estimate of drug-likeness (QED) is 0.505. The summed E-state index contributed by atoms with van der Waals surface area (Å²) in [4.78, 5) is 19.6. The fourth-order valence-electron chi connectivity index (χ4n) is 4.16. The molecular weight excluding hydrogens is 404 g/mol. The van der Waals surface area contributed by atoms with E-state index in [-0.39, 0.29) is 11.9 Å². The van der Waals surface area contributed by atoms with Crippen molar-refractivity contribution in [3.63, 3.8) is 0 Å². The average molecular weight is 431 g/mol. The standard InChI is InChI=1S/C25H26N4O3/c1-18-6-11-24(32-18)23(28-12-14-31-15-13-28)16-26-25(30)19-7-9-20(10-8-19)29-17-27-21-4-2-3-5-22(21)29/h2-11,17,23H,12-16H2,1H3,(H,26,30). The van der Waals surface area contributed by atoms with Crippen LogP contribution in [-0.4, -0.2) is 53.2 Å². The van der Waals surface area contributed by atoms with Crippen LogP contribution in [-0.2, 0) is 4.74 Å². The van der Waals surface area contributed by atoms with Crippen molar-refractivity contribution in [3.05, 3.63) is 84.1 Å². The molecule has 1 fully saturated rings. The van der Waals surface area contributed by atoms with Gasteiger partial charge in [-0.05, 0) is 55.5 Å². The molecule has 4 aromatic rings. The van der Waals surface area contributed by atoms with E-state index in [1.807, 2.05) is 72.2 Å². The first-order chi connectivity index (χ1) is 15.7. The van der Waals surface area contributed by atoms with Crippen LogP contribution in [0.4, 0.5) is 0 Å². The molecule has 1 N–H and O–H groups in total. The van der Waals surface area contributed by atoms with Crippen LogP contribution in [0.2, 0.25) is 0 Å². The van der Waals surface area contributed by atoms with Crippen LogP contribution in [0.5, 0.6) is 0 Å². The minimum Gasteiger partial charge on any atom is -0.465 e. The largest absolute Gasteiger partial charge is 0.465 e. The summed E-state index contributed by atoms with van der Waals surface area (Å²) in [6.07, 6.45) is 1.80. The van der Waals surface area contributed by atoms with E-state index in [0.29, 0.717) is 25.3 Å². The van der Waals surface area contributed by atoms with Crippen LogP contribution in [0.3, 0.4) is 0 Å². The lowest BCUT2D eigenvalue weighted by molar-refractivity contribution is 0.0117. The highest BCUT2D eigenvalue weighted by atomic mass is 16.5. The molecule has 1 amide bonds. The van der Waals surface area contributed by atoms with Gasteiger partial charge in [-0.3, -0.25) is 14.3 Å². The summed E-state index contributed by atoms with van der Waals surface area (Å²) in [6.45, 7) is 5.41. The van der Waals surface area contributed by atoms with Crippen LogP contribution in [0.25, 0.3) is 16.7 Å². The highest BCUT2D eigenvalue weighted by molar-refractivity contribution is 5.94. The highest BCUT2D eigenvalue weighted by Crippen LogP contribution is 2.24. The van der Waals surface area contributed by atoms with Gasteiger partial charge in [-0.1, -0.05) is 12.1 Å². The van der Waals surface area contributed by atoms with E-state index in [2.05, 4.69) is 15.2 Å². The van der Waals surface area contributed by atoms with Crippen molar-refractivity contribution < 1.29 is 13.9 Å². The first-order valence-corrected chi connectivity index (χ1v) is 10.9. The Morgan fingerprint density at radius 2 is 1.84 bits per heavy atom. The number of furan rings is 1. The summed E-state index contributed by atoms with van der Waals surface area (Å²) >= 11 is 0. The third-order valence-electron chi connectivity index (χ3n) is 5.89. The smallest absolute Gasteiger partial charge is 0.251 e. The fraction of sp³-hybridized carbons (Fsp3) is 0.280. The van der Waals surface area contributed by atoms with Gasteiger partial charge in [0.25, 0.3) is 5.91 Å². The normalized spacial score (nSPS) is 15.7. The number of nitrogens with one attached hydrogen (secondary N) is 1. The Morgan fingerprint density at radius 1 is 1.06 bits per heavy atom. The Bertz CT molecular complexity index is 1210. The Kier molecular flexibility index (Phi) is 5.75. The number of para-hydroxylation sites is 2. The number of hydrogen-bond acceptors (Lipinski definition) is 5. The number of imidazole rings is 1. The molecule has 0 spiro atoms. The summed E-state index contributed by atoms with van der Waals surface area (Å²) in [5.41, 5.74) is 3.56. The summed E-state index contributed by atoms with van der Waals surface area (Å²) < 4.78 is 13.4. The van der Waals surface area contributed by atoms with Crippen LogP contribution >= 0.6 is 0 Å². The van der Waals surface area contributed by atoms with Crippen molar-refractivity contribution in [2.75, 3.05) is 32.8 Å². The molecule has 1 saturated heterocycles. The van der Waals surface area contributed by atoms with Crippen molar-refractivity contribution in [1.29, 1.82) is 0 Å². The zero-order valence-electron chi connectivity index (χ0n) is 18.0. The minimum atomic E-state index is -0.103. The third-order valence-corrected chi connectivity index (χ3v) is 5.89. The van der Waals surface area contributed by atoms with Gasteiger partial charge in [0.1, 0.15) is 17.8 Å². The molecule has 7 nitrogen and oxygen atoms in total. The maximum atomic E-state index is 12.9.